The number of nitrogens with one attached hydrogen (secondary N) is 1. The fourth-order valence-electron chi connectivity index (χ4n) is 3.17. The lowest BCUT2D eigenvalue weighted by atomic mass is 10.0. The first-order valence-corrected chi connectivity index (χ1v) is 8.31. The molecule has 1 saturated carbocycles. The molecule has 2 heterocycles. The number of aryl methyl sites for hydroxylation is 2. The second-order valence-electron chi connectivity index (χ2n) is 6.85. The van der Waals surface area contributed by atoms with Gasteiger partial charge in [0.15, 0.2) is 0 Å². The van der Waals surface area contributed by atoms with Crippen molar-refractivity contribution in [1.29, 1.82) is 0 Å². The maximum atomic E-state index is 12.8. The number of carbonyl (C=O) groups excluding carboxylic acids is 1. The summed E-state index contributed by atoms with van der Waals surface area (Å²) in [5.41, 5.74) is 2.24. The molecule has 128 valence electrons. The molecule has 0 radical (unpaired) electrons. The number of nitrogens with zero attached hydrogens (tertiary/aromatic N) is 2. The minimum absolute atomic E-state index is 0.0143. The highest BCUT2D eigenvalue weighted by Crippen LogP contribution is 2.48. The number of fused-ring (bicyclic) bond motifs is 1. The van der Waals surface area contributed by atoms with Crippen LogP contribution in [0.15, 0.2) is 45.9 Å². The van der Waals surface area contributed by atoms with Gasteiger partial charge in [0, 0.05) is 29.5 Å². The van der Waals surface area contributed by atoms with Gasteiger partial charge in [-0.15, -0.1) is 0 Å². The van der Waals surface area contributed by atoms with Gasteiger partial charge in [-0.25, -0.2) is 4.79 Å². The third kappa shape index (κ3) is 2.84. The van der Waals surface area contributed by atoms with E-state index < -0.39 is 0 Å². The molecule has 0 unspecified atom stereocenters. The Bertz CT molecular complexity index is 1010. The number of amides is 1. The van der Waals surface area contributed by atoms with Crippen LogP contribution in [0.3, 0.4) is 0 Å². The summed E-state index contributed by atoms with van der Waals surface area (Å²) in [7, 11) is 0. The summed E-state index contributed by atoms with van der Waals surface area (Å²) in [6.45, 7) is 4.34. The van der Waals surface area contributed by atoms with Crippen molar-refractivity contribution >= 4 is 22.6 Å². The summed E-state index contributed by atoms with van der Waals surface area (Å²) in [6.07, 6.45) is 5.32. The molecule has 6 heteroatoms. The van der Waals surface area contributed by atoms with Crippen molar-refractivity contribution in [3.05, 3.63) is 58.2 Å². The molecule has 0 spiro atoms. The molecule has 4 rings (SSSR count). The fourth-order valence-corrected chi connectivity index (χ4v) is 3.17. The van der Waals surface area contributed by atoms with Gasteiger partial charge >= 0.3 is 5.63 Å². The van der Waals surface area contributed by atoms with Crippen molar-refractivity contribution < 1.29 is 9.21 Å². The lowest BCUT2D eigenvalue weighted by molar-refractivity contribution is -0.121. The smallest absolute Gasteiger partial charge is 0.336 e. The Kier molecular flexibility index (Phi) is 3.49. The predicted octanol–water partition coefficient (Wildman–Crippen LogP) is 3.03. The van der Waals surface area contributed by atoms with E-state index in [1.807, 2.05) is 32.2 Å². The van der Waals surface area contributed by atoms with Crippen LogP contribution in [-0.2, 0) is 11.3 Å². The van der Waals surface area contributed by atoms with Crippen LogP contribution in [0.2, 0.25) is 0 Å². The Morgan fingerprint density at radius 2 is 2.08 bits per heavy atom. The van der Waals surface area contributed by atoms with Crippen molar-refractivity contribution in [2.45, 2.75) is 33.2 Å². The van der Waals surface area contributed by atoms with Gasteiger partial charge in [-0.1, -0.05) is 0 Å². The molecule has 1 aliphatic carbocycles. The van der Waals surface area contributed by atoms with Crippen LogP contribution in [0, 0.1) is 19.3 Å². The van der Waals surface area contributed by atoms with Gasteiger partial charge < -0.3 is 9.73 Å². The van der Waals surface area contributed by atoms with E-state index in [9.17, 15) is 9.59 Å². The van der Waals surface area contributed by atoms with Gasteiger partial charge in [0.05, 0.1) is 12.0 Å². The molecule has 2 aromatic heterocycles. The molecule has 1 fully saturated rings. The minimum atomic E-state index is -0.383. The van der Waals surface area contributed by atoms with Gasteiger partial charge in [-0.3, -0.25) is 9.48 Å². The third-order valence-corrected chi connectivity index (χ3v) is 4.90. The van der Waals surface area contributed by atoms with Gasteiger partial charge in [0.25, 0.3) is 0 Å². The highest BCUT2D eigenvalue weighted by atomic mass is 16.4. The van der Waals surface area contributed by atoms with Crippen LogP contribution >= 0.6 is 0 Å². The standard InChI is InChI=1S/C19H19N3O3/c1-12-9-17(23)25-16-8-13(2)15(10-14(12)16)21-18(24)19(4-5-19)11-22-7-3-6-20-22/h3,6-10H,4-5,11H2,1-2H3,(H,21,24). The van der Waals surface area contributed by atoms with Crippen LogP contribution in [0.25, 0.3) is 11.0 Å². The molecule has 6 nitrogen and oxygen atoms in total. The van der Waals surface area contributed by atoms with Crippen molar-refractivity contribution in [1.82, 2.24) is 9.78 Å². The Morgan fingerprint density at radius 3 is 2.76 bits per heavy atom. The molecule has 1 aliphatic rings. The van der Waals surface area contributed by atoms with Crippen molar-refractivity contribution in [2.75, 3.05) is 5.32 Å². The van der Waals surface area contributed by atoms with E-state index in [1.54, 1.807) is 16.9 Å². The molecule has 1 amide bonds. The molecule has 0 atom stereocenters. The Hall–Kier alpha value is -2.89. The average Bonchev–Trinajstić information content (AvgIpc) is 3.15. The van der Waals surface area contributed by atoms with Gasteiger partial charge in [-0.05, 0) is 56.0 Å². The van der Waals surface area contributed by atoms with Crippen molar-refractivity contribution in [2.24, 2.45) is 5.41 Å². The summed E-state index contributed by atoms with van der Waals surface area (Å²) in [4.78, 5) is 24.3. The second-order valence-corrected chi connectivity index (χ2v) is 6.85. The summed E-state index contributed by atoms with van der Waals surface area (Å²) in [5, 5.41) is 8.09. The zero-order valence-electron chi connectivity index (χ0n) is 14.2. The van der Waals surface area contributed by atoms with Crippen LogP contribution in [-0.4, -0.2) is 15.7 Å². The molecule has 1 N–H and O–H groups in total. The van der Waals surface area contributed by atoms with Crippen LogP contribution < -0.4 is 10.9 Å². The highest BCUT2D eigenvalue weighted by Gasteiger charge is 2.50. The number of hydrogen-bond acceptors (Lipinski definition) is 4. The number of rotatable bonds is 4. The summed E-state index contributed by atoms with van der Waals surface area (Å²) in [5.74, 6) is 0.0143. The van der Waals surface area contributed by atoms with E-state index >= 15 is 0 Å². The van der Waals surface area contributed by atoms with Crippen LogP contribution in [0.1, 0.15) is 24.0 Å². The number of benzene rings is 1. The lowest BCUT2D eigenvalue weighted by Gasteiger charge is -2.17. The van der Waals surface area contributed by atoms with Gasteiger partial charge in [0.2, 0.25) is 5.91 Å². The summed E-state index contributed by atoms with van der Waals surface area (Å²) in [6, 6.07) is 7.00. The maximum absolute atomic E-state index is 12.8. The average molecular weight is 337 g/mol. The Balaban J connectivity index is 1.63. The van der Waals surface area contributed by atoms with E-state index in [0.29, 0.717) is 12.1 Å². The van der Waals surface area contributed by atoms with Crippen LogP contribution in [0.5, 0.6) is 0 Å². The first-order valence-electron chi connectivity index (χ1n) is 8.31. The zero-order chi connectivity index (χ0) is 17.6. The number of anilines is 1. The van der Waals surface area contributed by atoms with E-state index in [2.05, 4.69) is 10.4 Å². The third-order valence-electron chi connectivity index (χ3n) is 4.90. The number of aromatic nitrogens is 2. The number of hydrogen-bond donors (Lipinski definition) is 1. The van der Waals surface area contributed by atoms with E-state index in [-0.39, 0.29) is 16.9 Å². The SMILES string of the molecule is Cc1cc2oc(=O)cc(C)c2cc1NC(=O)C1(Cn2cccn2)CC1. The maximum Gasteiger partial charge on any atom is 0.336 e. The van der Waals surface area contributed by atoms with E-state index in [0.717, 1.165) is 35.0 Å². The van der Waals surface area contributed by atoms with E-state index in [1.165, 1.54) is 6.07 Å². The second kappa shape index (κ2) is 5.58. The van der Waals surface area contributed by atoms with Crippen LogP contribution in [0.4, 0.5) is 5.69 Å². The lowest BCUT2D eigenvalue weighted by Crippen LogP contribution is -2.28. The fraction of sp³-hybridized carbons (Fsp3) is 0.316. The summed E-state index contributed by atoms with van der Waals surface area (Å²) < 4.78 is 7.06. The molecule has 0 saturated heterocycles. The molecule has 1 aromatic carbocycles. The normalized spacial score (nSPS) is 15.3. The first kappa shape index (κ1) is 15.6. The molecule has 25 heavy (non-hydrogen) atoms. The molecular weight excluding hydrogens is 318 g/mol. The largest absolute Gasteiger partial charge is 0.423 e. The topological polar surface area (TPSA) is 77.1 Å². The Labute approximate surface area is 144 Å². The first-order chi connectivity index (χ1) is 12.0. The quantitative estimate of drug-likeness (QED) is 0.742. The number of carbonyl (C=O) groups is 1. The molecule has 0 bridgehead atoms. The highest BCUT2D eigenvalue weighted by molar-refractivity contribution is 5.99. The van der Waals surface area contributed by atoms with Gasteiger partial charge in [-0.2, -0.15) is 5.10 Å². The summed E-state index contributed by atoms with van der Waals surface area (Å²) >= 11 is 0. The van der Waals surface area contributed by atoms with Gasteiger partial charge in [0.1, 0.15) is 5.58 Å². The predicted molar refractivity (Wildman–Crippen MR) is 94.5 cm³/mol. The Morgan fingerprint density at radius 1 is 1.28 bits per heavy atom. The van der Waals surface area contributed by atoms with Crippen molar-refractivity contribution in [3.63, 3.8) is 0 Å². The molecular formula is C19H19N3O3. The zero-order valence-corrected chi connectivity index (χ0v) is 14.2. The van der Waals surface area contributed by atoms with E-state index in [4.69, 9.17) is 4.42 Å². The molecule has 3 aromatic rings. The minimum Gasteiger partial charge on any atom is -0.423 e. The van der Waals surface area contributed by atoms with Crippen molar-refractivity contribution in [3.8, 4) is 0 Å². The molecule has 0 aliphatic heterocycles. The monoisotopic (exact) mass is 337 g/mol.